The topological polar surface area (TPSA) is 68.0 Å². The summed E-state index contributed by atoms with van der Waals surface area (Å²) in [6.07, 6.45) is 2.00. The summed E-state index contributed by atoms with van der Waals surface area (Å²) in [6.45, 7) is 6.29. The zero-order valence-electron chi connectivity index (χ0n) is 11.0. The molecule has 18 heavy (non-hydrogen) atoms. The van der Waals surface area contributed by atoms with Crippen LogP contribution in [0.1, 0.15) is 44.1 Å². The maximum atomic E-state index is 12.0. The molecule has 4 nitrogen and oxygen atoms in total. The van der Waals surface area contributed by atoms with Crippen molar-refractivity contribution in [2.75, 3.05) is 5.73 Å². The van der Waals surface area contributed by atoms with Gasteiger partial charge in [-0.15, -0.1) is 0 Å². The summed E-state index contributed by atoms with van der Waals surface area (Å²) in [5.41, 5.74) is 5.73. The number of nitrogens with one attached hydrogen (secondary N) is 1. The summed E-state index contributed by atoms with van der Waals surface area (Å²) in [4.78, 5) is 15.9. The van der Waals surface area contributed by atoms with E-state index in [0.29, 0.717) is 16.8 Å². The average molecular weight is 270 g/mol. The summed E-state index contributed by atoms with van der Waals surface area (Å²) in [5.74, 6) is 0.640. The van der Waals surface area contributed by atoms with E-state index in [1.54, 1.807) is 12.1 Å². The van der Waals surface area contributed by atoms with Crippen LogP contribution in [-0.2, 0) is 0 Å². The van der Waals surface area contributed by atoms with Crippen LogP contribution in [0, 0.1) is 5.92 Å². The highest BCUT2D eigenvalue weighted by Crippen LogP contribution is 2.15. The minimum atomic E-state index is -0.274. The molecule has 0 spiro atoms. The largest absolute Gasteiger partial charge is 0.384 e. The number of pyridine rings is 1. The van der Waals surface area contributed by atoms with Crippen LogP contribution < -0.4 is 11.1 Å². The number of rotatable bonds is 5. The molecular formula is C13H20ClN3O. The van der Waals surface area contributed by atoms with Gasteiger partial charge in [0.05, 0.1) is 5.02 Å². The third-order valence-electron chi connectivity index (χ3n) is 2.64. The third-order valence-corrected chi connectivity index (χ3v) is 2.94. The van der Waals surface area contributed by atoms with E-state index in [-0.39, 0.29) is 17.6 Å². The molecule has 0 bridgehead atoms. The van der Waals surface area contributed by atoms with Crippen LogP contribution in [0.3, 0.4) is 0 Å². The molecule has 1 amide bonds. The van der Waals surface area contributed by atoms with Gasteiger partial charge in [-0.05, 0) is 37.8 Å². The number of hydrogen-bond donors (Lipinski definition) is 2. The first kappa shape index (κ1) is 14.8. The molecule has 0 aliphatic carbocycles. The molecule has 0 saturated heterocycles. The van der Waals surface area contributed by atoms with Gasteiger partial charge in [0.1, 0.15) is 11.5 Å². The van der Waals surface area contributed by atoms with Gasteiger partial charge < -0.3 is 11.1 Å². The van der Waals surface area contributed by atoms with E-state index in [2.05, 4.69) is 24.1 Å². The number of amides is 1. The van der Waals surface area contributed by atoms with Crippen LogP contribution in [0.5, 0.6) is 0 Å². The Balaban J connectivity index is 2.62. The van der Waals surface area contributed by atoms with Crippen LogP contribution in [0.4, 0.5) is 5.82 Å². The maximum Gasteiger partial charge on any atom is 0.271 e. The minimum Gasteiger partial charge on any atom is -0.384 e. The number of nitrogen functional groups attached to an aromatic ring is 1. The third kappa shape index (κ3) is 4.53. The first-order chi connectivity index (χ1) is 8.40. The van der Waals surface area contributed by atoms with Crippen LogP contribution in [0.15, 0.2) is 12.1 Å². The molecule has 0 aliphatic heterocycles. The van der Waals surface area contributed by atoms with Gasteiger partial charge in [-0.25, -0.2) is 4.98 Å². The van der Waals surface area contributed by atoms with Crippen molar-refractivity contribution in [3.8, 4) is 0 Å². The van der Waals surface area contributed by atoms with Gasteiger partial charge in [-0.3, -0.25) is 4.79 Å². The predicted molar refractivity (Wildman–Crippen MR) is 74.7 cm³/mol. The summed E-state index contributed by atoms with van der Waals surface area (Å²) in [5, 5.41) is 3.20. The van der Waals surface area contributed by atoms with Crippen molar-refractivity contribution in [3.63, 3.8) is 0 Å². The highest BCUT2D eigenvalue weighted by Gasteiger charge is 2.15. The molecule has 1 aromatic rings. The fourth-order valence-electron chi connectivity index (χ4n) is 1.56. The lowest BCUT2D eigenvalue weighted by atomic mass is 10.0. The highest BCUT2D eigenvalue weighted by molar-refractivity contribution is 6.33. The molecule has 0 radical (unpaired) electrons. The zero-order valence-corrected chi connectivity index (χ0v) is 11.8. The number of nitrogens with zero attached hydrogens (tertiary/aromatic N) is 1. The second kappa shape index (κ2) is 6.59. The Hall–Kier alpha value is -1.29. The number of carbonyl (C=O) groups is 1. The van der Waals surface area contributed by atoms with Crippen molar-refractivity contribution >= 4 is 23.3 Å². The number of halogens is 1. The Bertz CT molecular complexity index is 421. The van der Waals surface area contributed by atoms with Crippen molar-refractivity contribution in [2.24, 2.45) is 5.92 Å². The minimum absolute atomic E-state index is 0.0965. The summed E-state index contributed by atoms with van der Waals surface area (Å²) in [7, 11) is 0. The quantitative estimate of drug-likeness (QED) is 0.864. The lowest BCUT2D eigenvalue weighted by Crippen LogP contribution is -2.33. The molecule has 3 N–H and O–H groups in total. The lowest BCUT2D eigenvalue weighted by molar-refractivity contribution is 0.0932. The van der Waals surface area contributed by atoms with Gasteiger partial charge in [0.2, 0.25) is 0 Å². The van der Waals surface area contributed by atoms with Gasteiger partial charge in [-0.2, -0.15) is 0 Å². The Kier molecular flexibility index (Phi) is 5.41. The molecule has 0 aliphatic rings. The zero-order chi connectivity index (χ0) is 13.7. The summed E-state index contributed by atoms with van der Waals surface area (Å²) < 4.78 is 0. The van der Waals surface area contributed by atoms with Crippen LogP contribution in [0.2, 0.25) is 5.02 Å². The molecule has 1 atom stereocenters. The fraction of sp³-hybridized carbons (Fsp3) is 0.538. The van der Waals surface area contributed by atoms with Gasteiger partial charge >= 0.3 is 0 Å². The number of nitrogens with two attached hydrogens (primary N) is 1. The predicted octanol–water partition coefficient (Wildman–Crippen LogP) is 2.87. The molecule has 0 aromatic carbocycles. The van der Waals surface area contributed by atoms with E-state index in [0.717, 1.165) is 12.8 Å². The number of anilines is 1. The van der Waals surface area contributed by atoms with E-state index in [4.69, 9.17) is 17.3 Å². The van der Waals surface area contributed by atoms with E-state index >= 15 is 0 Å². The van der Waals surface area contributed by atoms with E-state index < -0.39 is 0 Å². The molecule has 5 heteroatoms. The van der Waals surface area contributed by atoms with Crippen LogP contribution in [0.25, 0.3) is 0 Å². The Morgan fingerprint density at radius 3 is 2.67 bits per heavy atom. The molecule has 0 fully saturated rings. The second-order valence-corrected chi connectivity index (χ2v) is 5.32. The van der Waals surface area contributed by atoms with Gasteiger partial charge in [0, 0.05) is 6.04 Å². The monoisotopic (exact) mass is 269 g/mol. The molecular weight excluding hydrogens is 250 g/mol. The van der Waals surface area contributed by atoms with Crippen molar-refractivity contribution in [3.05, 3.63) is 22.8 Å². The van der Waals surface area contributed by atoms with Crippen molar-refractivity contribution < 1.29 is 4.79 Å². The standard InChI is InChI=1S/C13H20ClN3O/c1-8(2)4-5-9(3)16-13(18)12-10(14)6-7-11(15)17-12/h6-9H,4-5H2,1-3H3,(H2,15,17)(H,16,18). The normalized spacial score (nSPS) is 12.5. The molecule has 1 aromatic heterocycles. The fourth-order valence-corrected chi connectivity index (χ4v) is 1.76. The summed E-state index contributed by atoms with van der Waals surface area (Å²) in [6, 6.07) is 3.25. The molecule has 1 unspecified atom stereocenters. The molecule has 100 valence electrons. The van der Waals surface area contributed by atoms with Gasteiger partial charge in [0.15, 0.2) is 0 Å². The van der Waals surface area contributed by atoms with E-state index in [1.807, 2.05) is 6.92 Å². The van der Waals surface area contributed by atoms with Gasteiger partial charge in [-0.1, -0.05) is 25.4 Å². The smallest absolute Gasteiger partial charge is 0.271 e. The number of carbonyl (C=O) groups excluding carboxylic acids is 1. The maximum absolute atomic E-state index is 12.0. The molecule has 1 heterocycles. The number of aromatic nitrogens is 1. The second-order valence-electron chi connectivity index (χ2n) is 4.91. The SMILES string of the molecule is CC(C)CCC(C)NC(=O)c1nc(N)ccc1Cl. The van der Waals surface area contributed by atoms with Crippen LogP contribution >= 0.6 is 11.6 Å². The van der Waals surface area contributed by atoms with Crippen molar-refractivity contribution in [1.29, 1.82) is 0 Å². The Labute approximate surface area is 113 Å². The Morgan fingerprint density at radius 1 is 1.39 bits per heavy atom. The van der Waals surface area contributed by atoms with Crippen molar-refractivity contribution in [1.82, 2.24) is 10.3 Å². The highest BCUT2D eigenvalue weighted by atomic mass is 35.5. The molecule has 0 saturated carbocycles. The number of hydrogen-bond acceptors (Lipinski definition) is 3. The van der Waals surface area contributed by atoms with Gasteiger partial charge in [0.25, 0.3) is 5.91 Å². The first-order valence-corrected chi connectivity index (χ1v) is 6.50. The first-order valence-electron chi connectivity index (χ1n) is 6.13. The van der Waals surface area contributed by atoms with Crippen molar-refractivity contribution in [2.45, 2.75) is 39.7 Å². The molecule has 1 rings (SSSR count). The summed E-state index contributed by atoms with van der Waals surface area (Å²) >= 11 is 5.92. The lowest BCUT2D eigenvalue weighted by Gasteiger charge is -2.15. The Morgan fingerprint density at radius 2 is 2.06 bits per heavy atom. The average Bonchev–Trinajstić information content (AvgIpc) is 2.29. The van der Waals surface area contributed by atoms with E-state index in [9.17, 15) is 4.79 Å². The van der Waals surface area contributed by atoms with E-state index in [1.165, 1.54) is 0 Å². The van der Waals surface area contributed by atoms with Crippen LogP contribution in [-0.4, -0.2) is 16.9 Å².